The van der Waals surface area contributed by atoms with E-state index in [1.807, 2.05) is 6.92 Å². The van der Waals surface area contributed by atoms with Crippen LogP contribution in [0.4, 0.5) is 15.8 Å². The molecule has 0 spiro atoms. The van der Waals surface area contributed by atoms with Gasteiger partial charge in [-0.3, -0.25) is 10.1 Å². The Morgan fingerprint density at radius 1 is 1.00 bits per heavy atom. The molecule has 2 unspecified atom stereocenters. The SMILES string of the molecule is CCCCCC1CCCCC1COc1ccc(OC(=O)c2cc([N+](=O)[O-])c(OC(=O)[C@H](F)CCCC)cc2N)cc1. The Bertz CT molecular complexity index is 1170. The number of nitrogens with zero attached hydrogens (tertiary/aromatic N) is 1. The fourth-order valence-corrected chi connectivity index (χ4v) is 5.17. The van der Waals surface area contributed by atoms with Crippen molar-refractivity contribution in [2.45, 2.75) is 90.6 Å². The summed E-state index contributed by atoms with van der Waals surface area (Å²) in [6, 6.07) is 8.38. The number of alkyl halides is 1. The van der Waals surface area contributed by atoms with Crippen molar-refractivity contribution in [3.63, 3.8) is 0 Å². The van der Waals surface area contributed by atoms with Crippen LogP contribution >= 0.6 is 0 Å². The smallest absolute Gasteiger partial charge is 0.346 e. The lowest BCUT2D eigenvalue weighted by atomic mass is 9.77. The number of nitrogen functional groups attached to an aromatic ring is 1. The average Bonchev–Trinajstić information content (AvgIpc) is 2.96. The van der Waals surface area contributed by atoms with E-state index < -0.39 is 34.5 Å². The third kappa shape index (κ3) is 9.43. The normalized spacial score (nSPS) is 17.4. The predicted molar refractivity (Wildman–Crippen MR) is 154 cm³/mol. The molecule has 1 aliphatic rings. The van der Waals surface area contributed by atoms with Gasteiger partial charge in [-0.25, -0.2) is 14.0 Å². The van der Waals surface area contributed by atoms with Gasteiger partial charge in [0.1, 0.15) is 11.5 Å². The number of esters is 2. The molecule has 224 valence electrons. The number of carbonyl (C=O) groups is 2. The Labute approximate surface area is 240 Å². The van der Waals surface area contributed by atoms with E-state index in [1.54, 1.807) is 24.3 Å². The Morgan fingerprint density at radius 2 is 1.66 bits per heavy atom. The Morgan fingerprint density at radius 3 is 2.32 bits per heavy atom. The van der Waals surface area contributed by atoms with Crippen molar-refractivity contribution in [1.29, 1.82) is 0 Å². The first kappa shape index (κ1) is 31.8. The van der Waals surface area contributed by atoms with E-state index in [0.29, 0.717) is 37.0 Å². The van der Waals surface area contributed by atoms with Gasteiger partial charge >= 0.3 is 17.6 Å². The van der Waals surface area contributed by atoms with Gasteiger partial charge in [0, 0.05) is 12.1 Å². The predicted octanol–water partition coefficient (Wildman–Crippen LogP) is 7.60. The second-order valence-electron chi connectivity index (χ2n) is 10.7. The quantitative estimate of drug-likeness (QED) is 0.0576. The minimum absolute atomic E-state index is 0.0625. The van der Waals surface area contributed by atoms with E-state index in [9.17, 15) is 24.1 Å². The molecule has 2 aromatic carbocycles. The lowest BCUT2D eigenvalue weighted by Crippen LogP contribution is -2.25. The van der Waals surface area contributed by atoms with Gasteiger partial charge in [0.05, 0.1) is 22.8 Å². The van der Waals surface area contributed by atoms with E-state index in [1.165, 1.54) is 51.4 Å². The van der Waals surface area contributed by atoms with Gasteiger partial charge < -0.3 is 19.9 Å². The van der Waals surface area contributed by atoms with Gasteiger partial charge in [0.2, 0.25) is 5.75 Å². The molecule has 3 rings (SSSR count). The Kier molecular flexibility index (Phi) is 12.4. The van der Waals surface area contributed by atoms with Crippen molar-refractivity contribution in [2.24, 2.45) is 11.8 Å². The number of unbranched alkanes of at least 4 members (excludes halogenated alkanes) is 3. The number of carbonyl (C=O) groups excluding carboxylic acids is 2. The maximum atomic E-state index is 14.0. The van der Waals surface area contributed by atoms with E-state index in [-0.39, 0.29) is 23.4 Å². The zero-order chi connectivity index (χ0) is 29.8. The standard InChI is InChI=1S/C31H41FN2O7/c1-3-5-7-10-21-11-8-9-12-22(21)20-39-23-14-16-24(17-15-23)40-30(35)25-18-28(34(37)38)29(19-27(25)33)41-31(36)26(32)13-6-4-2/h14-19,21-22,26H,3-13,20,33H2,1-2H3/t21?,22?,26-/m1/s1. The number of ether oxygens (including phenoxy) is 3. The molecular weight excluding hydrogens is 531 g/mol. The molecule has 2 aromatic rings. The van der Waals surface area contributed by atoms with Crippen LogP contribution in [0.5, 0.6) is 17.2 Å². The first-order chi connectivity index (χ1) is 19.7. The first-order valence-corrected chi connectivity index (χ1v) is 14.6. The van der Waals surface area contributed by atoms with Gasteiger partial charge in [-0.15, -0.1) is 0 Å². The molecule has 0 aliphatic heterocycles. The van der Waals surface area contributed by atoms with Crippen LogP contribution in [0, 0.1) is 22.0 Å². The van der Waals surface area contributed by atoms with Gasteiger partial charge in [-0.1, -0.05) is 71.6 Å². The molecule has 1 fully saturated rings. The number of nitro groups is 1. The van der Waals surface area contributed by atoms with E-state index >= 15 is 0 Å². The highest BCUT2D eigenvalue weighted by Crippen LogP contribution is 2.35. The molecule has 41 heavy (non-hydrogen) atoms. The van der Waals surface area contributed by atoms with Crippen LogP contribution in [-0.4, -0.2) is 29.6 Å². The van der Waals surface area contributed by atoms with Crippen molar-refractivity contribution in [2.75, 3.05) is 12.3 Å². The van der Waals surface area contributed by atoms with Gasteiger partial charge in [0.15, 0.2) is 6.17 Å². The Balaban J connectivity index is 1.62. The largest absolute Gasteiger partial charge is 0.493 e. The van der Waals surface area contributed by atoms with Crippen LogP contribution in [0.15, 0.2) is 36.4 Å². The molecule has 0 radical (unpaired) electrons. The zero-order valence-electron chi connectivity index (χ0n) is 23.9. The summed E-state index contributed by atoms with van der Waals surface area (Å²) in [6.07, 6.45) is 9.07. The number of rotatable bonds is 15. The molecule has 10 heteroatoms. The monoisotopic (exact) mass is 572 g/mol. The van der Waals surface area contributed by atoms with Crippen LogP contribution in [0.2, 0.25) is 0 Å². The third-order valence-corrected chi connectivity index (χ3v) is 7.57. The van der Waals surface area contributed by atoms with Gasteiger partial charge in [-0.05, 0) is 48.9 Å². The molecule has 0 aromatic heterocycles. The second kappa shape index (κ2) is 15.9. The average molecular weight is 573 g/mol. The summed E-state index contributed by atoms with van der Waals surface area (Å²) < 4.78 is 30.4. The van der Waals surface area contributed by atoms with E-state index in [0.717, 1.165) is 12.1 Å². The summed E-state index contributed by atoms with van der Waals surface area (Å²) in [4.78, 5) is 35.6. The van der Waals surface area contributed by atoms with Crippen molar-refractivity contribution >= 4 is 23.3 Å². The maximum Gasteiger partial charge on any atom is 0.346 e. The van der Waals surface area contributed by atoms with E-state index in [4.69, 9.17) is 19.9 Å². The molecule has 1 aliphatic carbocycles. The molecular formula is C31H41FN2O7. The second-order valence-corrected chi connectivity index (χ2v) is 10.7. The summed E-state index contributed by atoms with van der Waals surface area (Å²) >= 11 is 0. The minimum atomic E-state index is -1.93. The summed E-state index contributed by atoms with van der Waals surface area (Å²) in [7, 11) is 0. The number of hydrogen-bond acceptors (Lipinski definition) is 8. The van der Waals surface area contributed by atoms with Gasteiger partial charge in [-0.2, -0.15) is 0 Å². The number of halogens is 1. The van der Waals surface area contributed by atoms with Crippen LogP contribution in [0.1, 0.15) is 94.8 Å². The van der Waals surface area contributed by atoms with Crippen LogP contribution in [0.3, 0.4) is 0 Å². The van der Waals surface area contributed by atoms with Gasteiger partial charge in [0.25, 0.3) is 0 Å². The highest BCUT2D eigenvalue weighted by atomic mass is 19.1. The van der Waals surface area contributed by atoms with Crippen molar-refractivity contribution in [1.82, 2.24) is 0 Å². The highest BCUT2D eigenvalue weighted by molar-refractivity contribution is 5.98. The van der Waals surface area contributed by atoms with E-state index in [2.05, 4.69) is 6.92 Å². The lowest BCUT2D eigenvalue weighted by molar-refractivity contribution is -0.385. The first-order valence-electron chi connectivity index (χ1n) is 14.6. The lowest BCUT2D eigenvalue weighted by Gasteiger charge is -2.31. The molecule has 0 amide bonds. The van der Waals surface area contributed by atoms with Crippen molar-refractivity contribution < 1.29 is 33.1 Å². The number of nitro benzene ring substituents is 1. The molecule has 2 N–H and O–H groups in total. The molecule has 0 bridgehead atoms. The zero-order valence-corrected chi connectivity index (χ0v) is 23.9. The van der Waals surface area contributed by atoms with Crippen LogP contribution < -0.4 is 19.9 Å². The molecule has 1 saturated carbocycles. The summed E-state index contributed by atoms with van der Waals surface area (Å²) in [5.74, 6) is -0.638. The maximum absolute atomic E-state index is 14.0. The summed E-state index contributed by atoms with van der Waals surface area (Å²) in [5.41, 5.74) is 4.73. The van der Waals surface area contributed by atoms with Crippen molar-refractivity contribution in [3.8, 4) is 17.2 Å². The van der Waals surface area contributed by atoms with Crippen LogP contribution in [0.25, 0.3) is 0 Å². The minimum Gasteiger partial charge on any atom is -0.493 e. The topological polar surface area (TPSA) is 131 Å². The third-order valence-electron chi connectivity index (χ3n) is 7.57. The number of hydrogen-bond donors (Lipinski definition) is 1. The van der Waals surface area contributed by atoms with Crippen molar-refractivity contribution in [3.05, 3.63) is 52.1 Å². The number of anilines is 1. The summed E-state index contributed by atoms with van der Waals surface area (Å²) in [6.45, 7) is 4.70. The molecule has 0 heterocycles. The summed E-state index contributed by atoms with van der Waals surface area (Å²) in [5, 5.41) is 11.6. The van der Waals surface area contributed by atoms with Crippen LogP contribution in [-0.2, 0) is 4.79 Å². The fraction of sp³-hybridized carbons (Fsp3) is 0.548. The fourth-order valence-electron chi connectivity index (χ4n) is 5.17. The number of benzene rings is 2. The number of nitrogens with two attached hydrogens (primary N) is 1. The molecule has 9 nitrogen and oxygen atoms in total. The highest BCUT2D eigenvalue weighted by Gasteiger charge is 2.28. The molecule has 3 atom stereocenters. The Hall–Kier alpha value is -3.69. The molecule has 0 saturated heterocycles.